The lowest BCUT2D eigenvalue weighted by Crippen LogP contribution is -2.18. The molecule has 1 aromatic heterocycles. The molecule has 0 spiro atoms. The van der Waals surface area contributed by atoms with E-state index in [0.717, 1.165) is 10.3 Å². The van der Waals surface area contributed by atoms with Gasteiger partial charge in [0, 0.05) is 36.0 Å². The van der Waals surface area contributed by atoms with E-state index in [9.17, 15) is 4.39 Å². The monoisotopic (exact) mass is 297 g/mol. The van der Waals surface area contributed by atoms with Gasteiger partial charge >= 0.3 is 0 Å². The first-order valence-corrected chi connectivity index (χ1v) is 6.05. The Balaban J connectivity index is 2.49. The summed E-state index contributed by atoms with van der Waals surface area (Å²) < 4.78 is 16.5. The first-order valence-electron chi connectivity index (χ1n) is 5.25. The Morgan fingerprint density at radius 2 is 2.29 bits per heavy atom. The summed E-state index contributed by atoms with van der Waals surface area (Å²) in [6.07, 6.45) is 3.52. The highest BCUT2D eigenvalue weighted by Crippen LogP contribution is 2.27. The third-order valence-corrected chi connectivity index (χ3v) is 3.23. The van der Waals surface area contributed by atoms with Crippen molar-refractivity contribution in [2.45, 2.75) is 5.92 Å². The highest BCUT2D eigenvalue weighted by Gasteiger charge is 2.20. The first kappa shape index (κ1) is 12.3. The Morgan fingerprint density at radius 3 is 2.88 bits per heavy atom. The van der Waals surface area contributed by atoms with E-state index < -0.39 is 0 Å². The van der Waals surface area contributed by atoms with Gasteiger partial charge in [-0.3, -0.25) is 0 Å². The smallest absolute Gasteiger partial charge is 0.127 e. The number of hydrogen-bond acceptors (Lipinski definition) is 2. The number of nitrogens with two attached hydrogens (primary N) is 1. The predicted octanol–water partition coefficient (Wildman–Crippen LogP) is 2.41. The van der Waals surface area contributed by atoms with E-state index in [4.69, 9.17) is 5.73 Å². The molecule has 17 heavy (non-hydrogen) atoms. The van der Waals surface area contributed by atoms with Crippen molar-refractivity contribution in [2.75, 3.05) is 6.54 Å². The summed E-state index contributed by atoms with van der Waals surface area (Å²) in [5.41, 5.74) is 6.31. The molecule has 0 saturated carbocycles. The summed E-state index contributed by atoms with van der Waals surface area (Å²) in [4.78, 5) is 4.24. The summed E-state index contributed by atoms with van der Waals surface area (Å²) in [7, 11) is 1.88. The van der Waals surface area contributed by atoms with Crippen LogP contribution in [0.15, 0.2) is 35.1 Å². The fraction of sp³-hybridized carbons (Fsp3) is 0.250. The SMILES string of the molecule is Cn1ccnc1C(CN)c1cc(Br)ccc1F. The number of halogens is 2. The lowest BCUT2D eigenvalue weighted by Gasteiger charge is -2.16. The van der Waals surface area contributed by atoms with Gasteiger partial charge in [-0.25, -0.2) is 9.37 Å². The van der Waals surface area contributed by atoms with Crippen molar-refractivity contribution < 1.29 is 4.39 Å². The van der Waals surface area contributed by atoms with E-state index in [1.54, 1.807) is 18.3 Å². The van der Waals surface area contributed by atoms with Crippen LogP contribution in [-0.4, -0.2) is 16.1 Å². The minimum Gasteiger partial charge on any atom is -0.337 e. The van der Waals surface area contributed by atoms with Gasteiger partial charge in [-0.1, -0.05) is 15.9 Å². The largest absolute Gasteiger partial charge is 0.337 e. The zero-order valence-corrected chi connectivity index (χ0v) is 11.0. The molecule has 0 aliphatic heterocycles. The maximum absolute atomic E-state index is 13.8. The van der Waals surface area contributed by atoms with Crippen molar-refractivity contribution in [2.24, 2.45) is 12.8 Å². The van der Waals surface area contributed by atoms with Crippen LogP contribution < -0.4 is 5.73 Å². The van der Waals surface area contributed by atoms with E-state index >= 15 is 0 Å². The molecule has 0 amide bonds. The fourth-order valence-electron chi connectivity index (χ4n) is 1.87. The highest BCUT2D eigenvalue weighted by atomic mass is 79.9. The number of imidazole rings is 1. The standard InChI is InChI=1S/C12H13BrFN3/c1-17-5-4-16-12(17)10(7-15)9-6-8(13)2-3-11(9)14/h2-6,10H,7,15H2,1H3. The van der Waals surface area contributed by atoms with Gasteiger partial charge in [0.15, 0.2) is 0 Å². The Morgan fingerprint density at radius 1 is 1.53 bits per heavy atom. The topological polar surface area (TPSA) is 43.8 Å². The average Bonchev–Trinajstić information content (AvgIpc) is 2.71. The van der Waals surface area contributed by atoms with E-state index in [1.165, 1.54) is 6.07 Å². The van der Waals surface area contributed by atoms with Crippen LogP contribution in [0, 0.1) is 5.82 Å². The van der Waals surface area contributed by atoms with E-state index in [1.807, 2.05) is 17.8 Å². The fourth-order valence-corrected chi connectivity index (χ4v) is 2.24. The zero-order chi connectivity index (χ0) is 12.4. The van der Waals surface area contributed by atoms with Gasteiger partial charge in [-0.05, 0) is 18.2 Å². The van der Waals surface area contributed by atoms with Crippen molar-refractivity contribution in [3.63, 3.8) is 0 Å². The summed E-state index contributed by atoms with van der Waals surface area (Å²) in [5, 5.41) is 0. The van der Waals surface area contributed by atoms with Gasteiger partial charge in [0.2, 0.25) is 0 Å². The summed E-state index contributed by atoms with van der Waals surface area (Å²) in [6, 6.07) is 4.86. The molecule has 0 radical (unpaired) electrons. The van der Waals surface area contributed by atoms with Crippen LogP contribution >= 0.6 is 15.9 Å². The lowest BCUT2D eigenvalue weighted by atomic mass is 9.98. The van der Waals surface area contributed by atoms with Crippen LogP contribution in [0.3, 0.4) is 0 Å². The Labute approximate surface area is 108 Å². The molecule has 90 valence electrons. The van der Waals surface area contributed by atoms with Gasteiger partial charge in [0.25, 0.3) is 0 Å². The van der Waals surface area contributed by atoms with E-state index in [-0.39, 0.29) is 11.7 Å². The molecule has 0 aliphatic carbocycles. The van der Waals surface area contributed by atoms with E-state index in [2.05, 4.69) is 20.9 Å². The van der Waals surface area contributed by atoms with Gasteiger partial charge < -0.3 is 10.3 Å². The third-order valence-electron chi connectivity index (χ3n) is 2.74. The number of benzene rings is 1. The third kappa shape index (κ3) is 2.40. The number of nitrogens with zero attached hydrogens (tertiary/aromatic N) is 2. The van der Waals surface area contributed by atoms with Crippen LogP contribution in [-0.2, 0) is 7.05 Å². The normalized spacial score (nSPS) is 12.7. The molecule has 2 rings (SSSR count). The summed E-state index contributed by atoms with van der Waals surface area (Å²) in [5.74, 6) is 0.281. The zero-order valence-electron chi connectivity index (χ0n) is 9.40. The number of aromatic nitrogens is 2. The maximum Gasteiger partial charge on any atom is 0.127 e. The molecule has 1 heterocycles. The van der Waals surface area contributed by atoms with Crippen LogP contribution in [0.4, 0.5) is 4.39 Å². The second-order valence-corrected chi connectivity index (χ2v) is 4.77. The second-order valence-electron chi connectivity index (χ2n) is 3.85. The Hall–Kier alpha value is -1.20. The van der Waals surface area contributed by atoms with Gasteiger partial charge in [0.1, 0.15) is 11.6 Å². The minimum atomic E-state index is -0.258. The molecule has 2 N–H and O–H groups in total. The summed E-state index contributed by atoms with van der Waals surface area (Å²) in [6.45, 7) is 0.318. The van der Waals surface area contributed by atoms with Gasteiger partial charge in [-0.2, -0.15) is 0 Å². The quantitative estimate of drug-likeness (QED) is 0.945. The van der Waals surface area contributed by atoms with Crippen molar-refractivity contribution in [3.8, 4) is 0 Å². The molecule has 0 fully saturated rings. The molecule has 1 unspecified atom stereocenters. The molecule has 5 heteroatoms. The van der Waals surface area contributed by atoms with Crippen LogP contribution in [0.5, 0.6) is 0 Å². The minimum absolute atomic E-state index is 0.229. The molecule has 2 aromatic rings. The molecule has 0 saturated heterocycles. The summed E-state index contributed by atoms with van der Waals surface area (Å²) >= 11 is 3.34. The Kier molecular flexibility index (Phi) is 3.59. The van der Waals surface area contributed by atoms with E-state index in [0.29, 0.717) is 12.1 Å². The van der Waals surface area contributed by atoms with Crippen LogP contribution in [0.1, 0.15) is 17.3 Å². The van der Waals surface area contributed by atoms with Crippen LogP contribution in [0.2, 0.25) is 0 Å². The lowest BCUT2D eigenvalue weighted by molar-refractivity contribution is 0.584. The first-order chi connectivity index (χ1) is 8.13. The number of rotatable bonds is 3. The molecule has 0 bridgehead atoms. The molecule has 0 aliphatic rings. The van der Waals surface area contributed by atoms with Crippen molar-refractivity contribution in [3.05, 3.63) is 52.3 Å². The molecule has 1 aromatic carbocycles. The molecular formula is C12H13BrFN3. The number of hydrogen-bond donors (Lipinski definition) is 1. The molecule has 3 nitrogen and oxygen atoms in total. The van der Waals surface area contributed by atoms with Gasteiger partial charge in [0.05, 0.1) is 5.92 Å². The highest BCUT2D eigenvalue weighted by molar-refractivity contribution is 9.10. The van der Waals surface area contributed by atoms with Crippen molar-refractivity contribution in [1.82, 2.24) is 9.55 Å². The molecule has 1 atom stereocenters. The average molecular weight is 298 g/mol. The number of aryl methyl sites for hydroxylation is 1. The van der Waals surface area contributed by atoms with Gasteiger partial charge in [-0.15, -0.1) is 0 Å². The van der Waals surface area contributed by atoms with Crippen LogP contribution in [0.25, 0.3) is 0 Å². The van der Waals surface area contributed by atoms with Crippen molar-refractivity contribution >= 4 is 15.9 Å². The second kappa shape index (κ2) is 4.98. The molecular weight excluding hydrogens is 285 g/mol. The Bertz CT molecular complexity index is 524. The predicted molar refractivity (Wildman–Crippen MR) is 68.2 cm³/mol. The van der Waals surface area contributed by atoms with Crippen molar-refractivity contribution in [1.29, 1.82) is 0 Å². The maximum atomic E-state index is 13.8.